The first-order valence-electron chi connectivity index (χ1n) is 10.5. The Labute approximate surface area is 194 Å². The van der Waals surface area contributed by atoms with Gasteiger partial charge >= 0.3 is 5.97 Å². The van der Waals surface area contributed by atoms with Crippen LogP contribution in [0, 0.1) is 0 Å². The minimum absolute atomic E-state index is 0.0198. The highest BCUT2D eigenvalue weighted by Gasteiger charge is 2.35. The lowest BCUT2D eigenvalue weighted by Crippen LogP contribution is -2.35. The molecule has 3 aromatic rings. The second-order valence-corrected chi connectivity index (χ2v) is 7.72. The first-order chi connectivity index (χ1) is 16.3. The second-order valence-electron chi connectivity index (χ2n) is 7.72. The molecule has 2 heterocycles. The summed E-state index contributed by atoms with van der Waals surface area (Å²) in [7, 11) is 1.65. The van der Waals surface area contributed by atoms with E-state index >= 15 is 0 Å². The number of hydrogen-bond donors (Lipinski definition) is 1. The van der Waals surface area contributed by atoms with E-state index in [2.05, 4.69) is 5.32 Å². The Kier molecular flexibility index (Phi) is 6.35. The molecule has 0 fully saturated rings. The molecule has 9 heteroatoms. The normalized spacial score (nSPS) is 12.4. The van der Waals surface area contributed by atoms with Crippen LogP contribution in [-0.4, -0.2) is 52.2 Å². The van der Waals surface area contributed by atoms with E-state index in [1.807, 2.05) is 30.3 Å². The van der Waals surface area contributed by atoms with E-state index in [4.69, 9.17) is 4.74 Å². The van der Waals surface area contributed by atoms with Crippen molar-refractivity contribution < 1.29 is 28.7 Å². The van der Waals surface area contributed by atoms with Gasteiger partial charge in [-0.1, -0.05) is 30.3 Å². The van der Waals surface area contributed by atoms with E-state index in [1.54, 1.807) is 29.9 Å². The molecule has 2 aromatic carbocycles. The molecule has 4 amide bonds. The lowest BCUT2D eigenvalue weighted by Gasteiger charge is -2.13. The average Bonchev–Trinajstić information content (AvgIpc) is 3.37. The average molecular weight is 459 g/mol. The quantitative estimate of drug-likeness (QED) is 0.427. The Morgan fingerprint density at radius 2 is 1.65 bits per heavy atom. The largest absolute Gasteiger partial charge is 0.452 e. The van der Waals surface area contributed by atoms with Crippen LogP contribution < -0.4 is 5.32 Å². The lowest BCUT2D eigenvalue weighted by molar-refractivity contribution is -0.123. The number of esters is 1. The van der Waals surface area contributed by atoms with Crippen LogP contribution in [0.15, 0.2) is 66.9 Å². The van der Waals surface area contributed by atoms with Crippen molar-refractivity contribution in [3.05, 3.63) is 94.8 Å². The Hall–Kier alpha value is -4.53. The number of nitrogens with one attached hydrogen (secondary N) is 1. The highest BCUT2D eigenvalue weighted by atomic mass is 16.5. The number of ether oxygens (including phenoxy) is 1. The van der Waals surface area contributed by atoms with Crippen LogP contribution >= 0.6 is 0 Å². The number of amides is 4. The zero-order valence-electron chi connectivity index (χ0n) is 18.3. The molecule has 1 N–H and O–H groups in total. The highest BCUT2D eigenvalue weighted by molar-refractivity contribution is 6.22. The van der Waals surface area contributed by atoms with Crippen molar-refractivity contribution in [2.75, 3.05) is 13.2 Å². The minimum Gasteiger partial charge on any atom is -0.452 e. The molecule has 0 saturated heterocycles. The van der Waals surface area contributed by atoms with Crippen molar-refractivity contribution in [2.45, 2.75) is 6.42 Å². The van der Waals surface area contributed by atoms with Crippen LogP contribution in [0.4, 0.5) is 0 Å². The maximum atomic E-state index is 12.8. The number of aryl methyl sites for hydroxylation is 1. The third-order valence-electron chi connectivity index (χ3n) is 5.44. The number of carbonyl (C=O) groups excluding carboxylic acids is 5. The van der Waals surface area contributed by atoms with E-state index in [0.29, 0.717) is 6.42 Å². The molecular formula is C25H21N3O6. The second kappa shape index (κ2) is 9.53. The van der Waals surface area contributed by atoms with Crippen LogP contribution in [0.25, 0.3) is 0 Å². The number of benzene rings is 2. The molecule has 0 saturated carbocycles. The highest BCUT2D eigenvalue weighted by Crippen LogP contribution is 2.24. The number of aromatic nitrogens is 1. The van der Waals surface area contributed by atoms with Gasteiger partial charge in [0.25, 0.3) is 23.6 Å². The van der Waals surface area contributed by atoms with Gasteiger partial charge in [-0.25, -0.2) is 4.79 Å². The molecule has 9 nitrogen and oxygen atoms in total. The maximum Gasteiger partial charge on any atom is 0.338 e. The zero-order valence-corrected chi connectivity index (χ0v) is 18.3. The molecule has 1 aliphatic rings. The summed E-state index contributed by atoms with van der Waals surface area (Å²) in [4.78, 5) is 63.0. The van der Waals surface area contributed by atoms with E-state index in [9.17, 15) is 24.0 Å². The van der Waals surface area contributed by atoms with Gasteiger partial charge in [-0.05, 0) is 42.3 Å². The first kappa shape index (κ1) is 22.7. The van der Waals surface area contributed by atoms with E-state index < -0.39 is 36.2 Å². The van der Waals surface area contributed by atoms with Gasteiger partial charge in [0.1, 0.15) is 5.69 Å². The third-order valence-corrected chi connectivity index (χ3v) is 5.44. The van der Waals surface area contributed by atoms with Gasteiger partial charge in [0.15, 0.2) is 6.61 Å². The smallest absolute Gasteiger partial charge is 0.338 e. The Balaban J connectivity index is 1.36. The van der Waals surface area contributed by atoms with Crippen molar-refractivity contribution >= 4 is 29.6 Å². The summed E-state index contributed by atoms with van der Waals surface area (Å²) in [6, 6.07) is 16.7. The number of rotatable bonds is 7. The van der Waals surface area contributed by atoms with Crippen molar-refractivity contribution in [1.82, 2.24) is 14.8 Å². The number of nitrogens with zero attached hydrogens (tertiary/aromatic N) is 2. The third kappa shape index (κ3) is 4.63. The molecule has 0 bridgehead atoms. The number of imide groups is 2. The fourth-order valence-corrected chi connectivity index (χ4v) is 3.64. The maximum absolute atomic E-state index is 12.8. The van der Waals surface area contributed by atoms with Crippen LogP contribution in [0.5, 0.6) is 0 Å². The lowest BCUT2D eigenvalue weighted by atomic mass is 10.1. The van der Waals surface area contributed by atoms with E-state index in [0.717, 1.165) is 10.5 Å². The summed E-state index contributed by atoms with van der Waals surface area (Å²) in [6.45, 7) is -0.465. The number of carbonyl (C=O) groups is 5. The van der Waals surface area contributed by atoms with Crippen LogP contribution in [0.3, 0.4) is 0 Å². The molecule has 0 spiro atoms. The van der Waals surface area contributed by atoms with Gasteiger partial charge in [0.2, 0.25) is 0 Å². The van der Waals surface area contributed by atoms with Crippen molar-refractivity contribution in [1.29, 1.82) is 0 Å². The molecule has 1 aromatic heterocycles. The summed E-state index contributed by atoms with van der Waals surface area (Å²) >= 11 is 0. The first-order valence-corrected chi connectivity index (χ1v) is 10.5. The van der Waals surface area contributed by atoms with Gasteiger partial charge in [-0.3, -0.25) is 29.4 Å². The monoisotopic (exact) mass is 459 g/mol. The Morgan fingerprint density at radius 3 is 2.35 bits per heavy atom. The molecular weight excluding hydrogens is 438 g/mol. The molecule has 172 valence electrons. The Bertz CT molecular complexity index is 1290. The molecule has 0 aliphatic carbocycles. The predicted octanol–water partition coefficient (Wildman–Crippen LogP) is 1.98. The summed E-state index contributed by atoms with van der Waals surface area (Å²) in [5.74, 6) is -3.18. The summed E-state index contributed by atoms with van der Waals surface area (Å²) in [6.07, 6.45) is 2.17. The molecule has 4 rings (SSSR count). The van der Waals surface area contributed by atoms with Crippen molar-refractivity contribution in [3.8, 4) is 0 Å². The summed E-state index contributed by atoms with van der Waals surface area (Å²) in [5.41, 5.74) is 1.60. The summed E-state index contributed by atoms with van der Waals surface area (Å²) < 4.78 is 6.51. The fourth-order valence-electron chi connectivity index (χ4n) is 3.64. The van der Waals surface area contributed by atoms with Crippen LogP contribution in [-0.2, 0) is 23.0 Å². The molecule has 0 atom stereocenters. The van der Waals surface area contributed by atoms with Gasteiger partial charge < -0.3 is 9.30 Å². The number of fused-ring (bicyclic) bond motifs is 1. The molecule has 1 aliphatic heterocycles. The number of hydrogen-bond acceptors (Lipinski definition) is 6. The van der Waals surface area contributed by atoms with Crippen LogP contribution in [0.2, 0.25) is 0 Å². The van der Waals surface area contributed by atoms with Crippen molar-refractivity contribution in [3.63, 3.8) is 0 Å². The van der Waals surface area contributed by atoms with E-state index in [-0.39, 0.29) is 28.9 Å². The van der Waals surface area contributed by atoms with Crippen molar-refractivity contribution in [2.24, 2.45) is 7.05 Å². The van der Waals surface area contributed by atoms with Crippen LogP contribution in [0.1, 0.15) is 47.1 Å². The van der Waals surface area contributed by atoms with E-state index in [1.165, 1.54) is 18.2 Å². The SMILES string of the molecule is Cn1cccc1C(=O)NC(=O)COC(=O)c1ccc2c(c1)C(=O)N(CCc1ccccc1)C2=O. The van der Waals surface area contributed by atoms with Gasteiger partial charge in [0.05, 0.1) is 16.7 Å². The van der Waals surface area contributed by atoms with Gasteiger partial charge in [-0.15, -0.1) is 0 Å². The molecule has 0 unspecified atom stereocenters. The minimum atomic E-state index is -0.854. The Morgan fingerprint density at radius 1 is 0.912 bits per heavy atom. The topological polar surface area (TPSA) is 115 Å². The zero-order chi connectivity index (χ0) is 24.2. The predicted molar refractivity (Wildman–Crippen MR) is 120 cm³/mol. The van der Waals surface area contributed by atoms with Gasteiger partial charge in [0, 0.05) is 19.8 Å². The summed E-state index contributed by atoms with van der Waals surface area (Å²) in [5, 5.41) is 2.14. The molecule has 0 radical (unpaired) electrons. The fraction of sp³-hybridized carbons (Fsp3) is 0.160. The molecule has 34 heavy (non-hydrogen) atoms. The van der Waals surface area contributed by atoms with Gasteiger partial charge in [-0.2, -0.15) is 0 Å². The standard InChI is InChI=1S/C25H21N3O6/c1-27-12-5-8-20(27)22(30)26-21(29)15-34-25(33)17-9-10-18-19(14-17)24(32)28(23(18)31)13-11-16-6-3-2-4-7-16/h2-10,12,14H,11,13,15H2,1H3,(H,26,29,30).